The van der Waals surface area contributed by atoms with Gasteiger partial charge in [-0.3, -0.25) is 0 Å². The largest absolute Gasteiger partial charge is 0.485 e. The van der Waals surface area contributed by atoms with Crippen molar-refractivity contribution < 1.29 is 14.6 Å². The molecule has 0 radical (unpaired) electrons. The van der Waals surface area contributed by atoms with Gasteiger partial charge in [0.05, 0.1) is 0 Å². The van der Waals surface area contributed by atoms with E-state index in [4.69, 9.17) is 21.4 Å². The number of aromatic nitrogens is 3. The maximum atomic E-state index is 10.6. The highest BCUT2D eigenvalue weighted by atomic mass is 35.5. The molecule has 2 rings (SSSR count). The van der Waals surface area contributed by atoms with Crippen molar-refractivity contribution in [1.82, 2.24) is 14.8 Å². The predicted octanol–water partition coefficient (Wildman–Crippen LogP) is 2.45. The van der Waals surface area contributed by atoms with Crippen LogP contribution in [0.25, 0.3) is 6.08 Å². The normalized spacial score (nSPS) is 11.0. The minimum atomic E-state index is -1.04. The number of halogens is 1. The van der Waals surface area contributed by atoms with Crippen LogP contribution in [0.1, 0.15) is 17.2 Å². The molecule has 0 amide bonds. The molecular weight excluding hydrogens is 294 g/mol. The zero-order valence-electron chi connectivity index (χ0n) is 11.6. The van der Waals surface area contributed by atoms with Crippen LogP contribution < -0.4 is 4.74 Å². The summed E-state index contributed by atoms with van der Waals surface area (Å²) in [5, 5.41) is 17.1. The summed E-state index contributed by atoms with van der Waals surface area (Å²) in [6.45, 7) is 2.08. The van der Waals surface area contributed by atoms with Gasteiger partial charge in [-0.1, -0.05) is 11.6 Å². The van der Waals surface area contributed by atoms with Gasteiger partial charge in [-0.15, -0.1) is 10.2 Å². The topological polar surface area (TPSA) is 77.2 Å². The minimum absolute atomic E-state index is 0.229. The maximum Gasteiger partial charge on any atom is 0.328 e. The van der Waals surface area contributed by atoms with Gasteiger partial charge in [0.25, 0.3) is 0 Å². The summed E-state index contributed by atoms with van der Waals surface area (Å²) < 4.78 is 7.50. The molecule has 6 nitrogen and oxygen atoms in total. The fraction of sp³-hybridized carbons (Fsp3) is 0.214. The minimum Gasteiger partial charge on any atom is -0.485 e. The van der Waals surface area contributed by atoms with E-state index in [2.05, 4.69) is 10.2 Å². The lowest BCUT2D eigenvalue weighted by atomic mass is 10.2. The van der Waals surface area contributed by atoms with E-state index in [0.29, 0.717) is 22.2 Å². The Morgan fingerprint density at radius 2 is 2.24 bits per heavy atom. The molecule has 0 bridgehead atoms. The van der Waals surface area contributed by atoms with Gasteiger partial charge in [0, 0.05) is 23.7 Å². The number of carbonyl (C=O) groups is 1. The number of ether oxygens (including phenoxy) is 1. The first-order valence-corrected chi connectivity index (χ1v) is 6.53. The van der Waals surface area contributed by atoms with E-state index in [1.165, 1.54) is 6.08 Å². The molecule has 0 aliphatic carbocycles. The van der Waals surface area contributed by atoms with Gasteiger partial charge in [-0.05, 0) is 31.2 Å². The van der Waals surface area contributed by atoms with Crippen LogP contribution in [-0.2, 0) is 18.4 Å². The number of hydrogen-bond donors (Lipinski definition) is 1. The third-order valence-electron chi connectivity index (χ3n) is 2.92. The second kappa shape index (κ2) is 6.41. The molecular formula is C14H14ClN3O3. The van der Waals surface area contributed by atoms with Crippen molar-refractivity contribution in [1.29, 1.82) is 0 Å². The molecule has 1 N–H and O–H groups in total. The third-order valence-corrected chi connectivity index (χ3v) is 3.15. The van der Waals surface area contributed by atoms with Crippen LogP contribution in [0.4, 0.5) is 0 Å². The first kappa shape index (κ1) is 15.1. The molecule has 0 unspecified atom stereocenters. The molecule has 0 spiro atoms. The summed E-state index contributed by atoms with van der Waals surface area (Å²) in [6, 6.07) is 5.00. The Kier molecular flexibility index (Phi) is 4.59. The fourth-order valence-electron chi connectivity index (χ4n) is 1.66. The first-order chi connectivity index (χ1) is 9.97. The van der Waals surface area contributed by atoms with E-state index in [0.717, 1.165) is 11.9 Å². The van der Waals surface area contributed by atoms with Crippen molar-refractivity contribution in [2.45, 2.75) is 13.5 Å². The average Bonchev–Trinajstić information content (AvgIpc) is 2.75. The highest BCUT2D eigenvalue weighted by molar-refractivity contribution is 6.30. The molecule has 1 aromatic heterocycles. The van der Waals surface area contributed by atoms with Gasteiger partial charge >= 0.3 is 5.97 Å². The van der Waals surface area contributed by atoms with Crippen LogP contribution in [0, 0.1) is 6.92 Å². The van der Waals surface area contributed by atoms with E-state index in [-0.39, 0.29) is 6.61 Å². The second-order valence-electron chi connectivity index (χ2n) is 4.36. The monoisotopic (exact) mass is 307 g/mol. The standard InChI is InChI=1S/C14H14ClN3O3/c1-9-16-17-13(18(9)2)8-21-12-5-4-11(15)7-10(12)3-6-14(19)20/h3-7H,8H2,1-2H3,(H,19,20)/b6-3+. The van der Waals surface area contributed by atoms with E-state index in [9.17, 15) is 4.79 Å². The van der Waals surface area contributed by atoms with Gasteiger partial charge in [0.15, 0.2) is 5.82 Å². The van der Waals surface area contributed by atoms with E-state index < -0.39 is 5.97 Å². The SMILES string of the molecule is Cc1nnc(COc2ccc(Cl)cc2/C=C/C(=O)O)n1C. The Hall–Kier alpha value is -2.34. The summed E-state index contributed by atoms with van der Waals surface area (Å²) in [4.78, 5) is 10.6. The summed E-state index contributed by atoms with van der Waals surface area (Å²) in [7, 11) is 1.85. The molecule has 7 heteroatoms. The van der Waals surface area contributed by atoms with Gasteiger partial charge < -0.3 is 14.4 Å². The Morgan fingerprint density at radius 3 is 2.86 bits per heavy atom. The molecule has 1 aromatic carbocycles. The molecule has 0 saturated heterocycles. The van der Waals surface area contributed by atoms with Crippen LogP contribution in [0.3, 0.4) is 0 Å². The number of rotatable bonds is 5. The van der Waals surface area contributed by atoms with E-state index in [1.54, 1.807) is 18.2 Å². The number of hydrogen-bond acceptors (Lipinski definition) is 4. The van der Waals surface area contributed by atoms with Crippen molar-refractivity contribution in [2.75, 3.05) is 0 Å². The molecule has 0 saturated carbocycles. The van der Waals surface area contributed by atoms with E-state index >= 15 is 0 Å². The Labute approximate surface area is 126 Å². The van der Waals surface area contributed by atoms with Crippen molar-refractivity contribution >= 4 is 23.6 Å². The molecule has 0 atom stereocenters. The van der Waals surface area contributed by atoms with Gasteiger partial charge in [-0.2, -0.15) is 0 Å². The van der Waals surface area contributed by atoms with Crippen LogP contribution in [0.5, 0.6) is 5.75 Å². The Morgan fingerprint density at radius 1 is 1.48 bits per heavy atom. The highest BCUT2D eigenvalue weighted by Crippen LogP contribution is 2.25. The molecule has 21 heavy (non-hydrogen) atoms. The van der Waals surface area contributed by atoms with Gasteiger partial charge in [0.1, 0.15) is 18.2 Å². The molecule has 110 valence electrons. The van der Waals surface area contributed by atoms with Crippen LogP contribution in [0.2, 0.25) is 5.02 Å². The number of aliphatic carboxylic acids is 1. The van der Waals surface area contributed by atoms with Crippen LogP contribution >= 0.6 is 11.6 Å². The third kappa shape index (κ3) is 3.82. The summed E-state index contributed by atoms with van der Waals surface area (Å²) in [5.41, 5.74) is 0.587. The number of carboxylic acid groups (broad SMARTS) is 1. The summed E-state index contributed by atoms with van der Waals surface area (Å²) >= 11 is 5.91. The summed E-state index contributed by atoms with van der Waals surface area (Å²) in [6.07, 6.45) is 2.47. The fourth-order valence-corrected chi connectivity index (χ4v) is 1.84. The Balaban J connectivity index is 2.19. The van der Waals surface area contributed by atoms with Crippen molar-refractivity contribution in [3.63, 3.8) is 0 Å². The van der Waals surface area contributed by atoms with Crippen LogP contribution in [0.15, 0.2) is 24.3 Å². The highest BCUT2D eigenvalue weighted by Gasteiger charge is 2.08. The number of carboxylic acids is 1. The second-order valence-corrected chi connectivity index (χ2v) is 4.80. The quantitative estimate of drug-likeness (QED) is 0.859. The molecule has 0 aliphatic rings. The smallest absolute Gasteiger partial charge is 0.328 e. The average molecular weight is 308 g/mol. The molecule has 0 fully saturated rings. The van der Waals surface area contributed by atoms with Crippen molar-refractivity contribution in [3.8, 4) is 5.75 Å². The maximum absolute atomic E-state index is 10.6. The number of benzene rings is 1. The van der Waals surface area contributed by atoms with Gasteiger partial charge in [-0.25, -0.2) is 4.79 Å². The van der Waals surface area contributed by atoms with E-state index in [1.807, 2.05) is 18.5 Å². The zero-order chi connectivity index (χ0) is 15.4. The zero-order valence-corrected chi connectivity index (χ0v) is 12.3. The lowest BCUT2D eigenvalue weighted by Gasteiger charge is -2.09. The van der Waals surface area contributed by atoms with Gasteiger partial charge in [0.2, 0.25) is 0 Å². The lowest BCUT2D eigenvalue weighted by molar-refractivity contribution is -0.131. The Bertz CT molecular complexity index is 695. The van der Waals surface area contributed by atoms with Crippen LogP contribution in [-0.4, -0.2) is 25.8 Å². The predicted molar refractivity (Wildman–Crippen MR) is 78.2 cm³/mol. The lowest BCUT2D eigenvalue weighted by Crippen LogP contribution is -2.05. The molecule has 1 heterocycles. The number of aryl methyl sites for hydroxylation is 1. The molecule has 0 aliphatic heterocycles. The first-order valence-electron chi connectivity index (χ1n) is 6.15. The number of nitrogens with zero attached hydrogens (tertiary/aromatic N) is 3. The summed E-state index contributed by atoms with van der Waals surface area (Å²) in [5.74, 6) is 0.953. The molecule has 2 aromatic rings. The van der Waals surface area contributed by atoms with Crippen molar-refractivity contribution in [3.05, 3.63) is 46.5 Å². The van der Waals surface area contributed by atoms with Crippen molar-refractivity contribution in [2.24, 2.45) is 7.05 Å².